The number of ketones is 1. The van der Waals surface area contributed by atoms with Crippen molar-refractivity contribution in [2.45, 2.75) is 27.3 Å². The lowest BCUT2D eigenvalue weighted by atomic mass is 10.0. The number of nitrogens with zero attached hydrogens (tertiary/aromatic N) is 3. The number of methoxy groups -OCH3 is 1. The summed E-state index contributed by atoms with van der Waals surface area (Å²) in [5, 5.41) is 3.38. The summed E-state index contributed by atoms with van der Waals surface area (Å²) in [6.07, 6.45) is 1.52. The number of carbonyl (C=O) groups is 4. The quantitative estimate of drug-likeness (QED) is 0.171. The lowest BCUT2D eigenvalue weighted by Crippen LogP contribution is -2.50. The number of nitrogens with one attached hydrogen (secondary N) is 1. The fraction of sp³-hybridized carbons (Fsp3) is 0.294. The SMILES string of the molecule is CCOC(=O)Cn1cc(C(=O)C(=O)N2CCN(c3ccc(OC)cc3)CC2)c2cc(NC(=O)c3cccc(C)c3C)ccc21. The number of anilines is 2. The van der Waals surface area contributed by atoms with Crippen molar-refractivity contribution in [3.05, 3.63) is 89.1 Å². The Balaban J connectivity index is 1.39. The normalized spacial score (nSPS) is 13.1. The van der Waals surface area contributed by atoms with E-state index in [4.69, 9.17) is 9.47 Å². The van der Waals surface area contributed by atoms with Crippen molar-refractivity contribution in [3.8, 4) is 5.75 Å². The minimum atomic E-state index is -0.673. The van der Waals surface area contributed by atoms with Crippen molar-refractivity contribution in [2.75, 3.05) is 50.1 Å². The number of aromatic nitrogens is 1. The number of aryl methyl sites for hydroxylation is 1. The predicted molar refractivity (Wildman–Crippen MR) is 169 cm³/mol. The van der Waals surface area contributed by atoms with E-state index in [9.17, 15) is 19.2 Å². The number of rotatable bonds is 9. The second kappa shape index (κ2) is 13.0. The zero-order valence-electron chi connectivity index (χ0n) is 25.4. The molecule has 0 unspecified atom stereocenters. The molecule has 1 aliphatic rings. The molecule has 0 aliphatic carbocycles. The van der Waals surface area contributed by atoms with Crippen LogP contribution in [0.5, 0.6) is 5.75 Å². The highest BCUT2D eigenvalue weighted by molar-refractivity contribution is 6.45. The zero-order chi connectivity index (χ0) is 31.4. The van der Waals surface area contributed by atoms with Gasteiger partial charge in [0.15, 0.2) is 0 Å². The third-order valence-electron chi connectivity index (χ3n) is 8.04. The average molecular weight is 597 g/mol. The summed E-state index contributed by atoms with van der Waals surface area (Å²) in [6, 6.07) is 18.3. The van der Waals surface area contributed by atoms with Gasteiger partial charge in [0.25, 0.3) is 17.6 Å². The van der Waals surface area contributed by atoms with Crippen molar-refractivity contribution in [2.24, 2.45) is 0 Å². The summed E-state index contributed by atoms with van der Waals surface area (Å²) >= 11 is 0. The van der Waals surface area contributed by atoms with Gasteiger partial charge in [-0.1, -0.05) is 12.1 Å². The molecule has 2 heterocycles. The van der Waals surface area contributed by atoms with E-state index in [2.05, 4.69) is 10.2 Å². The summed E-state index contributed by atoms with van der Waals surface area (Å²) < 4.78 is 12.0. The third-order valence-corrected chi connectivity index (χ3v) is 8.04. The van der Waals surface area contributed by atoms with Crippen LogP contribution in [0.1, 0.15) is 38.8 Å². The number of hydrogen-bond acceptors (Lipinski definition) is 7. The minimum Gasteiger partial charge on any atom is -0.497 e. The summed E-state index contributed by atoms with van der Waals surface area (Å²) in [6.45, 7) is 7.57. The molecule has 3 aromatic carbocycles. The molecule has 0 atom stereocenters. The molecule has 0 saturated carbocycles. The predicted octanol–water partition coefficient (Wildman–Crippen LogP) is 4.61. The number of carbonyl (C=O) groups excluding carboxylic acids is 4. The highest BCUT2D eigenvalue weighted by Crippen LogP contribution is 2.28. The van der Waals surface area contributed by atoms with E-state index in [-0.39, 0.29) is 24.6 Å². The smallest absolute Gasteiger partial charge is 0.325 e. The molecule has 228 valence electrons. The highest BCUT2D eigenvalue weighted by atomic mass is 16.5. The van der Waals surface area contributed by atoms with Gasteiger partial charge in [-0.2, -0.15) is 0 Å². The number of Topliss-reactive ketones (excluding diaryl/α,β-unsaturated/α-hetero) is 1. The molecule has 1 aliphatic heterocycles. The maximum Gasteiger partial charge on any atom is 0.325 e. The maximum atomic E-state index is 13.7. The first-order valence-electron chi connectivity index (χ1n) is 14.6. The van der Waals surface area contributed by atoms with E-state index < -0.39 is 17.7 Å². The Morgan fingerprint density at radius 1 is 0.886 bits per heavy atom. The molecule has 44 heavy (non-hydrogen) atoms. The van der Waals surface area contributed by atoms with E-state index in [0.717, 1.165) is 22.6 Å². The van der Waals surface area contributed by atoms with E-state index in [0.29, 0.717) is 48.3 Å². The van der Waals surface area contributed by atoms with Gasteiger partial charge in [0.2, 0.25) is 0 Å². The highest BCUT2D eigenvalue weighted by Gasteiger charge is 2.30. The summed E-state index contributed by atoms with van der Waals surface area (Å²) in [5.41, 5.74) is 4.64. The molecule has 10 nitrogen and oxygen atoms in total. The molecule has 1 saturated heterocycles. The largest absolute Gasteiger partial charge is 0.497 e. The van der Waals surface area contributed by atoms with E-state index in [1.165, 1.54) is 6.20 Å². The van der Waals surface area contributed by atoms with Gasteiger partial charge in [0.05, 0.1) is 19.3 Å². The Hall–Kier alpha value is -5.12. The first kappa shape index (κ1) is 30.3. The number of hydrogen-bond donors (Lipinski definition) is 1. The molecule has 1 aromatic heterocycles. The first-order chi connectivity index (χ1) is 21.2. The Morgan fingerprint density at radius 2 is 1.61 bits per heavy atom. The van der Waals surface area contributed by atoms with Crippen LogP contribution in [-0.2, 0) is 20.9 Å². The summed E-state index contributed by atoms with van der Waals surface area (Å²) in [5.74, 6) is -1.26. The number of amides is 2. The molecule has 4 aromatic rings. The molecule has 1 N–H and O–H groups in total. The van der Waals surface area contributed by atoms with Crippen LogP contribution in [0.15, 0.2) is 66.9 Å². The van der Waals surface area contributed by atoms with Crippen molar-refractivity contribution in [1.29, 1.82) is 0 Å². The monoisotopic (exact) mass is 596 g/mol. The van der Waals surface area contributed by atoms with Gasteiger partial charge in [-0.25, -0.2) is 0 Å². The Morgan fingerprint density at radius 3 is 2.30 bits per heavy atom. The van der Waals surface area contributed by atoms with Crippen LogP contribution < -0.4 is 15.0 Å². The minimum absolute atomic E-state index is 0.124. The number of piperazine rings is 1. The molecular formula is C34H36N4O6. The van der Waals surface area contributed by atoms with Crippen LogP contribution in [0.3, 0.4) is 0 Å². The molecule has 5 rings (SSSR count). The number of ether oxygens (including phenoxy) is 2. The molecule has 0 spiro atoms. The van der Waals surface area contributed by atoms with Crippen molar-refractivity contribution < 1.29 is 28.7 Å². The molecule has 0 radical (unpaired) electrons. The summed E-state index contributed by atoms with van der Waals surface area (Å²) in [7, 11) is 1.62. The average Bonchev–Trinajstić information content (AvgIpc) is 3.38. The number of benzene rings is 3. The van der Waals surface area contributed by atoms with Crippen LogP contribution >= 0.6 is 0 Å². The molecule has 2 amide bonds. The molecule has 0 bridgehead atoms. The van der Waals surface area contributed by atoms with Gasteiger partial charge in [-0.3, -0.25) is 19.2 Å². The van der Waals surface area contributed by atoms with Gasteiger partial charge < -0.3 is 29.2 Å². The Kier molecular flexibility index (Phi) is 8.99. The number of esters is 1. The van der Waals surface area contributed by atoms with Crippen LogP contribution in [0.25, 0.3) is 10.9 Å². The Bertz CT molecular complexity index is 1720. The van der Waals surface area contributed by atoms with Crippen molar-refractivity contribution >= 4 is 45.8 Å². The van der Waals surface area contributed by atoms with Gasteiger partial charge >= 0.3 is 5.97 Å². The number of fused-ring (bicyclic) bond motifs is 1. The van der Waals surface area contributed by atoms with Gasteiger partial charge in [-0.05, 0) is 80.4 Å². The van der Waals surface area contributed by atoms with Crippen LogP contribution in [0.2, 0.25) is 0 Å². The van der Waals surface area contributed by atoms with Crippen LogP contribution in [-0.4, -0.2) is 72.9 Å². The summed E-state index contributed by atoms with van der Waals surface area (Å²) in [4.78, 5) is 56.4. The third kappa shape index (κ3) is 6.29. The molecular weight excluding hydrogens is 560 g/mol. The van der Waals surface area contributed by atoms with E-state index in [1.807, 2.05) is 50.2 Å². The topological polar surface area (TPSA) is 110 Å². The van der Waals surface area contributed by atoms with Crippen LogP contribution in [0.4, 0.5) is 11.4 Å². The van der Waals surface area contributed by atoms with Gasteiger partial charge in [0, 0.05) is 60.2 Å². The molecule has 1 fully saturated rings. The lowest BCUT2D eigenvalue weighted by Gasteiger charge is -2.35. The first-order valence-corrected chi connectivity index (χ1v) is 14.6. The molecule has 10 heteroatoms. The second-order valence-corrected chi connectivity index (χ2v) is 10.7. The standard InChI is InChI=1S/C34H36N4O6/c1-5-44-31(39)21-38-20-29(28-19-24(9-14-30(28)38)35-33(41)27-8-6-7-22(2)23(27)3)32(40)34(42)37-17-15-36(16-18-37)25-10-12-26(43-4)13-11-25/h6-14,19-20H,5,15-18,21H2,1-4H3,(H,35,41). The Labute approximate surface area is 256 Å². The lowest BCUT2D eigenvalue weighted by molar-refractivity contribution is -0.143. The zero-order valence-corrected chi connectivity index (χ0v) is 25.4. The van der Waals surface area contributed by atoms with Gasteiger partial charge in [0.1, 0.15) is 12.3 Å². The van der Waals surface area contributed by atoms with Gasteiger partial charge in [-0.15, -0.1) is 0 Å². The van der Waals surface area contributed by atoms with E-state index >= 15 is 0 Å². The van der Waals surface area contributed by atoms with Crippen molar-refractivity contribution in [1.82, 2.24) is 9.47 Å². The van der Waals surface area contributed by atoms with Crippen molar-refractivity contribution in [3.63, 3.8) is 0 Å². The second-order valence-electron chi connectivity index (χ2n) is 10.7. The van der Waals surface area contributed by atoms with Crippen LogP contribution in [0, 0.1) is 13.8 Å². The fourth-order valence-electron chi connectivity index (χ4n) is 5.45. The van der Waals surface area contributed by atoms with E-state index in [1.54, 1.807) is 47.8 Å². The fourth-order valence-corrected chi connectivity index (χ4v) is 5.45. The maximum absolute atomic E-state index is 13.7.